The number of phenolic OH excluding ortho intramolecular Hbond substituents is 1. The van der Waals surface area contributed by atoms with Gasteiger partial charge in [0.25, 0.3) is 0 Å². The van der Waals surface area contributed by atoms with E-state index in [1.54, 1.807) is 13.8 Å². The number of β-lactam (4-membered cyclic amide) rings is 1. The molecular formula is C16H26KN3O8S. The summed E-state index contributed by atoms with van der Waals surface area (Å²) in [6.07, 6.45) is 0. The fourth-order valence-corrected chi connectivity index (χ4v) is 4.85. The Morgan fingerprint density at radius 3 is 2.21 bits per heavy atom. The standard InChI is InChI=1S/C16H19N3O5S.K.3H2O.H/c1-16(2)11(15(23)24)19-13(22)10(14(19)25-16)18-12(21)9(17)7-3-5-8(20)6-4-7;;;;;/h3-6,9-11,14,20H,17H2,1-2H3,(H,18,21)(H,23,24);;3*1H2;/t9?,10-,11+,14-;;;;;/m1...../s1. The van der Waals surface area contributed by atoms with Gasteiger partial charge in [-0.3, -0.25) is 9.59 Å². The molecule has 2 amide bonds. The van der Waals surface area contributed by atoms with Crippen molar-refractivity contribution in [1.82, 2.24) is 10.2 Å². The molecule has 1 aromatic carbocycles. The topological polar surface area (TPSA) is 227 Å². The van der Waals surface area contributed by atoms with Crippen molar-refractivity contribution in [3.8, 4) is 5.75 Å². The molecule has 1 unspecified atom stereocenters. The maximum absolute atomic E-state index is 12.3. The number of hydrogen-bond donors (Lipinski definition) is 4. The number of amides is 2. The molecule has 2 saturated heterocycles. The van der Waals surface area contributed by atoms with Crippen molar-refractivity contribution >= 4 is 80.9 Å². The minimum absolute atomic E-state index is 0. The number of nitrogens with one attached hydrogen (secondary N) is 1. The summed E-state index contributed by atoms with van der Waals surface area (Å²) in [5.41, 5.74) is 6.41. The van der Waals surface area contributed by atoms with Crippen LogP contribution in [0.1, 0.15) is 25.5 Å². The normalized spacial score (nSPS) is 24.2. The fourth-order valence-electron chi connectivity index (χ4n) is 3.22. The van der Waals surface area contributed by atoms with E-state index in [4.69, 9.17) is 5.73 Å². The third-order valence-electron chi connectivity index (χ3n) is 4.51. The number of nitrogens with two attached hydrogens (primary N) is 1. The Morgan fingerprint density at radius 1 is 1.21 bits per heavy atom. The molecule has 0 saturated carbocycles. The van der Waals surface area contributed by atoms with E-state index in [1.165, 1.54) is 40.9 Å². The predicted octanol–water partition coefficient (Wildman–Crippen LogP) is -3.10. The molecule has 29 heavy (non-hydrogen) atoms. The van der Waals surface area contributed by atoms with Crippen molar-refractivity contribution < 1.29 is 41.0 Å². The van der Waals surface area contributed by atoms with E-state index in [0.717, 1.165) is 0 Å². The first-order chi connectivity index (χ1) is 11.6. The van der Waals surface area contributed by atoms with Gasteiger partial charge in [-0.2, -0.15) is 0 Å². The van der Waals surface area contributed by atoms with Gasteiger partial charge in [0.15, 0.2) is 0 Å². The Hall–Kier alpha value is -0.744. The number of thioether (sulfide) groups is 1. The number of hydrogen-bond acceptors (Lipinski definition) is 6. The van der Waals surface area contributed by atoms with E-state index in [9.17, 15) is 24.6 Å². The summed E-state index contributed by atoms with van der Waals surface area (Å²) in [4.78, 5) is 37.5. The minimum atomic E-state index is -1.06. The molecule has 11 N–H and O–H groups in total. The van der Waals surface area contributed by atoms with Gasteiger partial charge in [0.2, 0.25) is 11.8 Å². The zero-order chi connectivity index (χ0) is 18.5. The summed E-state index contributed by atoms with van der Waals surface area (Å²) in [5.74, 6) is -1.94. The molecule has 1 aromatic rings. The summed E-state index contributed by atoms with van der Waals surface area (Å²) in [7, 11) is 0. The average molecular weight is 460 g/mol. The van der Waals surface area contributed by atoms with Gasteiger partial charge in [0.05, 0.1) is 0 Å². The molecule has 3 rings (SSSR count). The molecule has 2 aliphatic heterocycles. The summed E-state index contributed by atoms with van der Waals surface area (Å²) >= 11 is 1.35. The van der Waals surface area contributed by atoms with Gasteiger partial charge >= 0.3 is 57.4 Å². The van der Waals surface area contributed by atoms with E-state index < -0.39 is 46.0 Å². The SMILES string of the molecule is CC1(C)S[C@@H]2[C@H](NC(=O)C(N)c3ccc(O)cc3)C(=O)N2[C@H]1C(=O)O.O.O.O.[KH]. The number of rotatable bonds is 4. The van der Waals surface area contributed by atoms with Crippen LogP contribution in [0.2, 0.25) is 0 Å². The number of phenols is 1. The van der Waals surface area contributed by atoms with Gasteiger partial charge in [-0.05, 0) is 31.5 Å². The molecule has 0 aliphatic carbocycles. The number of nitrogens with zero attached hydrogens (tertiary/aromatic N) is 1. The summed E-state index contributed by atoms with van der Waals surface area (Å²) in [6, 6.07) is 3.21. The average Bonchev–Trinajstić information content (AvgIpc) is 2.80. The van der Waals surface area contributed by atoms with Crippen LogP contribution >= 0.6 is 11.8 Å². The van der Waals surface area contributed by atoms with E-state index in [2.05, 4.69) is 5.32 Å². The number of carbonyl (C=O) groups is 3. The first-order valence-electron chi connectivity index (χ1n) is 7.71. The first-order valence-corrected chi connectivity index (χ1v) is 8.59. The summed E-state index contributed by atoms with van der Waals surface area (Å²) < 4.78 is -0.648. The van der Waals surface area contributed by atoms with Crippen LogP contribution in [0.4, 0.5) is 0 Å². The Labute approximate surface area is 213 Å². The van der Waals surface area contributed by atoms with Crippen LogP contribution in [0.15, 0.2) is 24.3 Å². The molecular weight excluding hydrogens is 433 g/mol. The van der Waals surface area contributed by atoms with Crippen LogP contribution < -0.4 is 11.1 Å². The Morgan fingerprint density at radius 2 is 1.72 bits per heavy atom. The fraction of sp³-hybridized carbons (Fsp3) is 0.438. The molecule has 11 nitrogen and oxygen atoms in total. The van der Waals surface area contributed by atoms with Gasteiger partial charge in [-0.15, -0.1) is 11.8 Å². The van der Waals surface area contributed by atoms with Gasteiger partial charge in [0.1, 0.15) is 29.2 Å². The molecule has 0 radical (unpaired) electrons. The van der Waals surface area contributed by atoms with Crippen molar-refractivity contribution in [2.24, 2.45) is 5.73 Å². The number of carboxylic acids is 1. The van der Waals surface area contributed by atoms with Crippen LogP contribution in [-0.2, 0) is 14.4 Å². The zero-order valence-electron chi connectivity index (χ0n) is 15.2. The van der Waals surface area contributed by atoms with Crippen molar-refractivity contribution in [2.75, 3.05) is 0 Å². The Balaban J connectivity index is 0. The van der Waals surface area contributed by atoms with Crippen molar-refractivity contribution in [1.29, 1.82) is 0 Å². The number of aromatic hydroxyl groups is 1. The van der Waals surface area contributed by atoms with Crippen molar-refractivity contribution in [3.05, 3.63) is 29.8 Å². The zero-order valence-corrected chi connectivity index (χ0v) is 16.0. The van der Waals surface area contributed by atoms with Crippen molar-refractivity contribution in [3.63, 3.8) is 0 Å². The summed E-state index contributed by atoms with van der Waals surface area (Å²) in [6.45, 7) is 3.53. The van der Waals surface area contributed by atoms with Crippen LogP contribution in [-0.4, -0.2) is 123 Å². The third kappa shape index (κ3) is 5.49. The van der Waals surface area contributed by atoms with Crippen LogP contribution in [0.25, 0.3) is 0 Å². The third-order valence-corrected chi connectivity index (χ3v) is 6.08. The van der Waals surface area contributed by atoms with Crippen LogP contribution in [0, 0.1) is 0 Å². The van der Waals surface area contributed by atoms with E-state index in [0.29, 0.717) is 5.56 Å². The molecule has 0 aromatic heterocycles. The van der Waals surface area contributed by atoms with Crippen LogP contribution in [0.3, 0.4) is 0 Å². The van der Waals surface area contributed by atoms with Crippen LogP contribution in [0.5, 0.6) is 5.75 Å². The number of fused-ring (bicyclic) bond motifs is 1. The summed E-state index contributed by atoms with van der Waals surface area (Å²) in [5, 5.41) is 20.9. The molecule has 160 valence electrons. The Kier molecular flexibility index (Phi) is 11.6. The number of carbonyl (C=O) groups excluding carboxylic acids is 2. The maximum atomic E-state index is 12.3. The Bertz CT molecular complexity index is 748. The van der Waals surface area contributed by atoms with Gasteiger partial charge in [0, 0.05) is 4.75 Å². The second-order valence-electron chi connectivity index (χ2n) is 6.65. The molecule has 13 heteroatoms. The predicted molar refractivity (Wildman–Crippen MR) is 109 cm³/mol. The quantitative estimate of drug-likeness (QED) is 0.267. The number of aliphatic carboxylic acids is 1. The van der Waals surface area contributed by atoms with Gasteiger partial charge in [-0.1, -0.05) is 12.1 Å². The molecule has 4 atom stereocenters. The van der Waals surface area contributed by atoms with E-state index >= 15 is 0 Å². The van der Waals surface area contributed by atoms with Gasteiger partial charge < -0.3 is 42.6 Å². The monoisotopic (exact) mass is 459 g/mol. The van der Waals surface area contributed by atoms with Gasteiger partial charge in [-0.25, -0.2) is 4.79 Å². The second kappa shape index (κ2) is 11.0. The molecule has 2 aliphatic rings. The second-order valence-corrected chi connectivity index (χ2v) is 8.42. The first kappa shape index (κ1) is 30.4. The molecule has 0 spiro atoms. The van der Waals surface area contributed by atoms with Crippen molar-refractivity contribution in [2.45, 2.75) is 42.1 Å². The van der Waals surface area contributed by atoms with E-state index in [1.807, 2.05) is 0 Å². The molecule has 0 bridgehead atoms. The number of carboxylic acid groups (broad SMARTS) is 1. The number of benzene rings is 1. The molecule has 2 heterocycles. The van der Waals surface area contributed by atoms with E-state index in [-0.39, 0.29) is 73.6 Å². The molecule has 2 fully saturated rings.